The maximum atomic E-state index is 13.3. The smallest absolute Gasteiger partial charge is 0.317 e. The van der Waals surface area contributed by atoms with Gasteiger partial charge in [-0.2, -0.15) is 0 Å². The Morgan fingerprint density at radius 3 is 2.50 bits per heavy atom. The Morgan fingerprint density at radius 2 is 1.96 bits per heavy atom. The Hall–Kier alpha value is -1.53. The Balaban J connectivity index is 1.98. The van der Waals surface area contributed by atoms with Crippen LogP contribution < -0.4 is 5.32 Å². The average molecular weight is 348 g/mol. The number of nitrogens with zero attached hydrogens (tertiary/aromatic N) is 1. The number of carboxylic acids is 1. The summed E-state index contributed by atoms with van der Waals surface area (Å²) in [5.41, 5.74) is 0.0311. The lowest BCUT2D eigenvalue weighted by atomic mass is 9.53. The largest absolute Gasteiger partial charge is 0.480 e. The summed E-state index contributed by atoms with van der Waals surface area (Å²) in [6.45, 7) is 1.01. The number of aliphatic carboxylic acids is 1. The van der Waals surface area contributed by atoms with E-state index in [2.05, 4.69) is 5.32 Å². The van der Waals surface area contributed by atoms with Crippen molar-refractivity contribution in [3.05, 3.63) is 34.6 Å². The van der Waals surface area contributed by atoms with Gasteiger partial charge in [-0.05, 0) is 55.4 Å². The maximum absolute atomic E-state index is 13.3. The van der Waals surface area contributed by atoms with Crippen LogP contribution in [0, 0.1) is 11.7 Å². The molecule has 5 nitrogen and oxygen atoms in total. The summed E-state index contributed by atoms with van der Waals surface area (Å²) in [7, 11) is 12.1. The van der Waals surface area contributed by atoms with Gasteiger partial charge in [-0.25, -0.2) is 4.39 Å². The number of carbonyl (C=O) groups excluding carboxylic acids is 1. The van der Waals surface area contributed by atoms with Gasteiger partial charge in [-0.1, -0.05) is 11.6 Å². The molecule has 9 heteroatoms. The quantitative estimate of drug-likeness (QED) is 0.779. The van der Waals surface area contributed by atoms with Gasteiger partial charge < -0.3 is 10.4 Å². The standard InChI is InChI=1S/C15H16B2ClFN2O3/c16-15(17,10-1-3-21(4-2-10)8-13(22)23)20-14(24)9-5-11(18)7-12(19)6-9/h5-7,10H,1-4,8H2,(H,20,24)(H,22,23). The number of carboxylic acid groups (broad SMARTS) is 1. The fourth-order valence-electron chi connectivity index (χ4n) is 2.82. The van der Waals surface area contributed by atoms with Crippen LogP contribution in [0.3, 0.4) is 0 Å². The van der Waals surface area contributed by atoms with Crippen molar-refractivity contribution in [2.45, 2.75) is 18.2 Å². The first-order valence-electron chi connectivity index (χ1n) is 7.48. The topological polar surface area (TPSA) is 69.6 Å². The van der Waals surface area contributed by atoms with E-state index in [-0.39, 0.29) is 23.0 Å². The molecule has 24 heavy (non-hydrogen) atoms. The van der Waals surface area contributed by atoms with Gasteiger partial charge in [0.2, 0.25) is 0 Å². The predicted octanol–water partition coefficient (Wildman–Crippen LogP) is 0.996. The van der Waals surface area contributed by atoms with Crippen LogP contribution in [0.25, 0.3) is 0 Å². The SMILES string of the molecule is [B]C([B])(NC(=O)c1cc(F)cc(Cl)c1)C1CCN(CC(=O)O)CC1. The molecule has 0 aromatic heterocycles. The third-order valence-corrected chi connectivity index (χ3v) is 4.29. The van der Waals surface area contributed by atoms with Crippen LogP contribution in [0.4, 0.5) is 4.39 Å². The molecule has 2 rings (SSSR count). The second kappa shape index (κ2) is 7.57. The molecule has 1 heterocycles. The van der Waals surface area contributed by atoms with E-state index in [0.717, 1.165) is 12.1 Å². The minimum atomic E-state index is -1.48. The molecule has 1 aromatic carbocycles. The molecule has 0 bridgehead atoms. The molecule has 0 spiro atoms. The molecule has 1 fully saturated rings. The number of rotatable bonds is 5. The molecule has 0 unspecified atom stereocenters. The summed E-state index contributed by atoms with van der Waals surface area (Å²) < 4.78 is 13.3. The number of benzene rings is 1. The number of hydrogen-bond donors (Lipinski definition) is 2. The molecule has 1 aromatic rings. The van der Waals surface area contributed by atoms with E-state index in [1.54, 1.807) is 4.90 Å². The van der Waals surface area contributed by atoms with Crippen molar-refractivity contribution in [2.24, 2.45) is 5.92 Å². The van der Waals surface area contributed by atoms with E-state index in [9.17, 15) is 14.0 Å². The van der Waals surface area contributed by atoms with Crippen molar-refractivity contribution in [3.63, 3.8) is 0 Å². The summed E-state index contributed by atoms with van der Waals surface area (Å²) in [4.78, 5) is 24.7. The molecular formula is C15H16B2ClFN2O3. The monoisotopic (exact) mass is 348 g/mol. The number of halogens is 2. The van der Waals surface area contributed by atoms with Crippen LogP contribution in [0.2, 0.25) is 5.02 Å². The van der Waals surface area contributed by atoms with E-state index in [1.165, 1.54) is 6.07 Å². The zero-order valence-electron chi connectivity index (χ0n) is 13.0. The zero-order valence-corrected chi connectivity index (χ0v) is 13.7. The lowest BCUT2D eigenvalue weighted by Crippen LogP contribution is -2.57. The van der Waals surface area contributed by atoms with Crippen LogP contribution in [-0.4, -0.2) is 62.5 Å². The number of carbonyl (C=O) groups is 2. The highest BCUT2D eigenvalue weighted by Crippen LogP contribution is 2.25. The third-order valence-electron chi connectivity index (χ3n) is 4.08. The molecule has 2 N–H and O–H groups in total. The van der Waals surface area contributed by atoms with Crippen molar-refractivity contribution in [3.8, 4) is 0 Å². The van der Waals surface area contributed by atoms with Gasteiger partial charge in [0, 0.05) is 10.6 Å². The summed E-state index contributed by atoms with van der Waals surface area (Å²) >= 11 is 5.74. The van der Waals surface area contributed by atoms with Crippen molar-refractivity contribution < 1.29 is 19.1 Å². The molecular weight excluding hydrogens is 332 g/mol. The highest BCUT2D eigenvalue weighted by Gasteiger charge is 2.33. The summed E-state index contributed by atoms with van der Waals surface area (Å²) in [6, 6.07) is 3.47. The molecule has 4 radical (unpaired) electrons. The molecule has 1 saturated heterocycles. The second-order valence-corrected chi connectivity index (χ2v) is 6.43. The minimum Gasteiger partial charge on any atom is -0.480 e. The zero-order chi connectivity index (χ0) is 17.9. The molecule has 124 valence electrons. The molecule has 1 amide bonds. The van der Waals surface area contributed by atoms with Gasteiger partial charge in [0.05, 0.1) is 22.2 Å². The molecule has 1 aliphatic rings. The Bertz CT molecular complexity index is 617. The Morgan fingerprint density at radius 1 is 1.33 bits per heavy atom. The van der Waals surface area contributed by atoms with E-state index in [0.29, 0.717) is 25.9 Å². The van der Waals surface area contributed by atoms with Gasteiger partial charge in [-0.3, -0.25) is 14.5 Å². The minimum absolute atomic E-state index is 0.0311. The van der Waals surface area contributed by atoms with E-state index in [1.807, 2.05) is 0 Å². The number of piperidine rings is 1. The predicted molar refractivity (Wildman–Crippen MR) is 89.9 cm³/mol. The van der Waals surface area contributed by atoms with Crippen LogP contribution in [0.1, 0.15) is 23.2 Å². The van der Waals surface area contributed by atoms with Gasteiger partial charge >= 0.3 is 5.97 Å². The van der Waals surface area contributed by atoms with Gasteiger partial charge in [0.25, 0.3) is 5.91 Å². The van der Waals surface area contributed by atoms with Crippen molar-refractivity contribution >= 4 is 39.2 Å². The third kappa shape index (κ3) is 4.98. The van der Waals surface area contributed by atoms with Crippen LogP contribution in [0.5, 0.6) is 0 Å². The van der Waals surface area contributed by atoms with Gasteiger partial charge in [0.15, 0.2) is 0 Å². The Kier molecular flexibility index (Phi) is 5.93. The number of nitrogens with one attached hydrogen (secondary N) is 1. The maximum Gasteiger partial charge on any atom is 0.317 e. The summed E-state index contributed by atoms with van der Waals surface area (Å²) in [6.07, 6.45) is 1.09. The van der Waals surface area contributed by atoms with Crippen LogP contribution in [0.15, 0.2) is 18.2 Å². The highest BCUT2D eigenvalue weighted by atomic mass is 35.5. The molecule has 1 aliphatic heterocycles. The number of likely N-dealkylation sites (tertiary alicyclic amines) is 1. The summed E-state index contributed by atoms with van der Waals surface area (Å²) in [5, 5.41) is 9.92. The van der Waals surface area contributed by atoms with Crippen molar-refractivity contribution in [2.75, 3.05) is 19.6 Å². The lowest BCUT2D eigenvalue weighted by Gasteiger charge is -2.41. The normalized spacial score (nSPS) is 16.8. The van der Waals surface area contributed by atoms with Crippen molar-refractivity contribution in [1.82, 2.24) is 10.2 Å². The Labute approximate surface area is 147 Å². The first kappa shape index (κ1) is 18.8. The van der Waals surface area contributed by atoms with Crippen LogP contribution in [-0.2, 0) is 4.79 Å². The lowest BCUT2D eigenvalue weighted by molar-refractivity contribution is -0.138. The van der Waals surface area contributed by atoms with Gasteiger partial charge in [-0.15, -0.1) is 0 Å². The fraction of sp³-hybridized carbons (Fsp3) is 0.467. The average Bonchev–Trinajstić information content (AvgIpc) is 2.45. The van der Waals surface area contributed by atoms with Crippen LogP contribution >= 0.6 is 11.6 Å². The molecule has 0 atom stereocenters. The number of amides is 1. The first-order valence-corrected chi connectivity index (χ1v) is 7.85. The first-order chi connectivity index (χ1) is 11.2. The van der Waals surface area contributed by atoms with Crippen molar-refractivity contribution in [1.29, 1.82) is 0 Å². The number of hydrogen-bond acceptors (Lipinski definition) is 3. The second-order valence-electron chi connectivity index (χ2n) is 5.99. The highest BCUT2D eigenvalue weighted by molar-refractivity contribution is 6.41. The van der Waals surface area contributed by atoms with E-state index in [4.69, 9.17) is 32.4 Å². The summed E-state index contributed by atoms with van der Waals surface area (Å²) in [5.74, 6) is -2.37. The molecule has 0 aliphatic carbocycles. The van der Waals surface area contributed by atoms with E-state index < -0.39 is 23.0 Å². The molecule has 0 saturated carbocycles. The van der Waals surface area contributed by atoms with Gasteiger partial charge in [0.1, 0.15) is 5.82 Å². The fourth-order valence-corrected chi connectivity index (χ4v) is 3.04. The van der Waals surface area contributed by atoms with E-state index >= 15 is 0 Å².